The largest absolute Gasteiger partial charge is 0.337 e. The van der Waals surface area contributed by atoms with E-state index in [0.29, 0.717) is 6.54 Å². The molecule has 0 aliphatic carbocycles. The Morgan fingerprint density at radius 3 is 2.42 bits per heavy atom. The van der Waals surface area contributed by atoms with Crippen molar-refractivity contribution >= 4 is 21.4 Å². The van der Waals surface area contributed by atoms with Crippen molar-refractivity contribution in [3.05, 3.63) is 89.5 Å². The third-order valence-electron chi connectivity index (χ3n) is 7.27. The van der Waals surface area contributed by atoms with Crippen LogP contribution >= 0.6 is 0 Å². The number of hydrogen-bond donors (Lipinski definition) is 1. The lowest BCUT2D eigenvalue weighted by molar-refractivity contribution is 0.193. The maximum Gasteiger partial charge on any atom is 0.240 e. The van der Waals surface area contributed by atoms with E-state index in [2.05, 4.69) is 14.5 Å². The van der Waals surface area contributed by atoms with Crippen molar-refractivity contribution in [1.29, 1.82) is 0 Å². The van der Waals surface area contributed by atoms with Crippen LogP contribution in [0.15, 0.2) is 71.6 Å². The van der Waals surface area contributed by atoms with Gasteiger partial charge in [0.1, 0.15) is 11.6 Å². The van der Waals surface area contributed by atoms with E-state index in [4.69, 9.17) is 0 Å². The van der Waals surface area contributed by atoms with Gasteiger partial charge in [-0.3, -0.25) is 0 Å². The van der Waals surface area contributed by atoms with Crippen LogP contribution in [0.5, 0.6) is 0 Å². The SMILES string of the molecule is Cc1ccc(S(=O)(=O)NCCCCN2CC[C@@H]3C(C2)c2cc(F)ccc2N3c2ccc(F)cc2)cc1. The number of hydrogen-bond acceptors (Lipinski definition) is 4. The summed E-state index contributed by atoms with van der Waals surface area (Å²) in [5, 5.41) is 0. The summed E-state index contributed by atoms with van der Waals surface area (Å²) in [6.07, 6.45) is 2.52. The molecule has 0 amide bonds. The molecule has 0 bridgehead atoms. The zero-order chi connectivity index (χ0) is 25.3. The van der Waals surface area contributed by atoms with E-state index in [9.17, 15) is 17.2 Å². The topological polar surface area (TPSA) is 52.7 Å². The molecular formula is C28H31F2N3O2S. The van der Waals surface area contributed by atoms with Gasteiger partial charge in [0.2, 0.25) is 10.0 Å². The molecule has 2 atom stereocenters. The summed E-state index contributed by atoms with van der Waals surface area (Å²) in [7, 11) is -3.49. The number of benzene rings is 3. The minimum Gasteiger partial charge on any atom is -0.337 e. The highest BCUT2D eigenvalue weighted by Crippen LogP contribution is 2.48. The van der Waals surface area contributed by atoms with Gasteiger partial charge in [-0.1, -0.05) is 17.7 Å². The number of sulfonamides is 1. The molecular weight excluding hydrogens is 480 g/mol. The zero-order valence-electron chi connectivity index (χ0n) is 20.3. The molecule has 1 N–H and O–H groups in total. The third kappa shape index (κ3) is 5.16. The van der Waals surface area contributed by atoms with E-state index >= 15 is 0 Å². The van der Waals surface area contributed by atoms with Gasteiger partial charge in [0.05, 0.1) is 4.90 Å². The molecule has 2 heterocycles. The minimum atomic E-state index is -3.49. The predicted molar refractivity (Wildman–Crippen MR) is 138 cm³/mol. The van der Waals surface area contributed by atoms with Crippen LogP contribution < -0.4 is 9.62 Å². The third-order valence-corrected chi connectivity index (χ3v) is 8.75. The molecule has 3 aromatic carbocycles. The molecule has 190 valence electrons. The summed E-state index contributed by atoms with van der Waals surface area (Å²) in [5.74, 6) is -0.356. The van der Waals surface area contributed by atoms with E-state index in [0.717, 1.165) is 61.4 Å². The first-order valence-corrected chi connectivity index (χ1v) is 13.9. The molecule has 8 heteroatoms. The van der Waals surface area contributed by atoms with E-state index in [-0.39, 0.29) is 28.5 Å². The van der Waals surface area contributed by atoms with Crippen LogP contribution in [0.3, 0.4) is 0 Å². The van der Waals surface area contributed by atoms with E-state index in [1.807, 2.05) is 13.0 Å². The van der Waals surface area contributed by atoms with Crippen molar-refractivity contribution < 1.29 is 17.2 Å². The van der Waals surface area contributed by atoms with Gasteiger partial charge in [-0.25, -0.2) is 21.9 Å². The van der Waals surface area contributed by atoms with Crippen LogP contribution in [0, 0.1) is 18.6 Å². The van der Waals surface area contributed by atoms with Gasteiger partial charge in [-0.15, -0.1) is 0 Å². The Kier molecular flexibility index (Phi) is 7.10. The number of aryl methyl sites for hydroxylation is 1. The first-order valence-electron chi connectivity index (χ1n) is 12.4. The fraction of sp³-hybridized carbons (Fsp3) is 0.357. The van der Waals surface area contributed by atoms with Gasteiger partial charge in [0.25, 0.3) is 0 Å². The molecule has 1 fully saturated rings. The monoisotopic (exact) mass is 511 g/mol. The summed E-state index contributed by atoms with van der Waals surface area (Å²) in [4.78, 5) is 4.90. The molecule has 36 heavy (non-hydrogen) atoms. The van der Waals surface area contributed by atoms with Crippen LogP contribution in [0.4, 0.5) is 20.2 Å². The number of unbranched alkanes of at least 4 members (excludes halogenated alkanes) is 1. The van der Waals surface area contributed by atoms with Crippen LogP contribution in [0.2, 0.25) is 0 Å². The first kappa shape index (κ1) is 24.9. The number of fused-ring (bicyclic) bond motifs is 3. The van der Waals surface area contributed by atoms with Gasteiger partial charge < -0.3 is 9.80 Å². The number of likely N-dealkylation sites (tertiary alicyclic amines) is 1. The van der Waals surface area contributed by atoms with Crippen molar-refractivity contribution in [3.8, 4) is 0 Å². The summed E-state index contributed by atoms with van der Waals surface area (Å²) < 4.78 is 55.4. The lowest BCUT2D eigenvalue weighted by atomic mass is 9.89. The molecule has 2 aliphatic rings. The lowest BCUT2D eigenvalue weighted by Crippen LogP contribution is -2.45. The fourth-order valence-electron chi connectivity index (χ4n) is 5.45. The van der Waals surface area contributed by atoms with E-state index < -0.39 is 10.0 Å². The minimum absolute atomic E-state index is 0.162. The van der Waals surface area contributed by atoms with Gasteiger partial charge in [0.15, 0.2) is 0 Å². The zero-order valence-corrected chi connectivity index (χ0v) is 21.1. The van der Waals surface area contributed by atoms with Crippen molar-refractivity contribution in [3.63, 3.8) is 0 Å². The number of halogens is 2. The summed E-state index contributed by atoms with van der Waals surface area (Å²) in [6.45, 7) is 4.89. The molecule has 0 spiro atoms. The van der Waals surface area contributed by atoms with Crippen LogP contribution in [-0.4, -0.2) is 45.5 Å². The smallest absolute Gasteiger partial charge is 0.240 e. The normalized spacial score (nSPS) is 19.8. The van der Waals surface area contributed by atoms with Crippen LogP contribution in [-0.2, 0) is 10.0 Å². The van der Waals surface area contributed by atoms with Gasteiger partial charge in [-0.05, 0) is 92.9 Å². The number of piperidine rings is 1. The molecule has 5 rings (SSSR count). The Bertz CT molecular complexity index is 1310. The molecule has 0 radical (unpaired) electrons. The highest BCUT2D eigenvalue weighted by atomic mass is 32.2. The Hall–Kier alpha value is -2.81. The fourth-order valence-corrected chi connectivity index (χ4v) is 6.52. The second-order valence-electron chi connectivity index (χ2n) is 9.73. The Morgan fingerprint density at radius 1 is 0.944 bits per heavy atom. The maximum absolute atomic E-state index is 14.2. The second kappa shape index (κ2) is 10.3. The Labute approximate surface area is 211 Å². The number of rotatable bonds is 8. The molecule has 1 saturated heterocycles. The highest BCUT2D eigenvalue weighted by molar-refractivity contribution is 7.89. The summed E-state index contributed by atoms with van der Waals surface area (Å²) in [6, 6.07) is 18.5. The standard InChI is InChI=1S/C28H31F2N3O2S/c1-20-4-11-24(12-5-20)36(34,35)31-15-2-3-16-32-17-14-28-26(19-32)25-18-22(30)8-13-27(25)33(28)23-9-6-21(29)7-10-23/h4-13,18,26,28,31H,2-3,14-17,19H2,1H3/t26?,28-/m1/s1. The van der Waals surface area contributed by atoms with Crippen molar-refractivity contribution in [1.82, 2.24) is 9.62 Å². The predicted octanol–water partition coefficient (Wildman–Crippen LogP) is 5.34. The van der Waals surface area contributed by atoms with Gasteiger partial charge >= 0.3 is 0 Å². The van der Waals surface area contributed by atoms with Crippen molar-refractivity contribution in [2.75, 3.05) is 31.1 Å². The molecule has 2 aliphatic heterocycles. The van der Waals surface area contributed by atoms with Crippen molar-refractivity contribution in [2.24, 2.45) is 0 Å². The van der Waals surface area contributed by atoms with Crippen molar-refractivity contribution in [2.45, 2.75) is 43.0 Å². The van der Waals surface area contributed by atoms with Gasteiger partial charge in [0, 0.05) is 43.0 Å². The number of nitrogens with one attached hydrogen (secondary N) is 1. The molecule has 0 saturated carbocycles. The highest BCUT2D eigenvalue weighted by Gasteiger charge is 2.42. The first-order chi connectivity index (χ1) is 17.3. The molecule has 5 nitrogen and oxygen atoms in total. The second-order valence-corrected chi connectivity index (χ2v) is 11.5. The van der Waals surface area contributed by atoms with Crippen LogP contribution in [0.25, 0.3) is 0 Å². The van der Waals surface area contributed by atoms with Gasteiger partial charge in [-0.2, -0.15) is 0 Å². The molecule has 3 aromatic rings. The van der Waals surface area contributed by atoms with E-state index in [1.54, 1.807) is 42.5 Å². The average molecular weight is 512 g/mol. The molecule has 0 aromatic heterocycles. The number of anilines is 2. The quantitative estimate of drug-likeness (QED) is 0.415. The van der Waals surface area contributed by atoms with Crippen LogP contribution in [0.1, 0.15) is 36.3 Å². The summed E-state index contributed by atoms with van der Waals surface area (Å²) >= 11 is 0. The summed E-state index contributed by atoms with van der Waals surface area (Å²) in [5.41, 5.74) is 3.93. The lowest BCUT2D eigenvalue weighted by Gasteiger charge is -2.39. The Balaban J connectivity index is 1.19. The molecule has 1 unspecified atom stereocenters. The number of nitrogens with zero attached hydrogens (tertiary/aromatic N) is 2. The van der Waals surface area contributed by atoms with E-state index in [1.165, 1.54) is 18.2 Å². The Morgan fingerprint density at radius 2 is 1.67 bits per heavy atom. The maximum atomic E-state index is 14.2. The average Bonchev–Trinajstić information content (AvgIpc) is 3.17.